The van der Waals surface area contributed by atoms with E-state index in [0.717, 1.165) is 35.3 Å². The van der Waals surface area contributed by atoms with Crippen LogP contribution >= 0.6 is 0 Å². The molecule has 3 heterocycles. The van der Waals surface area contributed by atoms with Crippen LogP contribution in [0.25, 0.3) is 16.8 Å². The van der Waals surface area contributed by atoms with Crippen molar-refractivity contribution in [2.24, 2.45) is 0 Å². The van der Waals surface area contributed by atoms with Crippen LogP contribution in [-0.2, 0) is 0 Å². The Labute approximate surface area is 191 Å². The molecule has 1 saturated heterocycles. The van der Waals surface area contributed by atoms with Gasteiger partial charge in [-0.25, -0.2) is 19.0 Å². The minimum Gasteiger partial charge on any atom is -0.338 e. The highest BCUT2D eigenvalue weighted by atomic mass is 19.1. The number of hydrogen-bond acceptors (Lipinski definition) is 4. The Morgan fingerprint density at radius 1 is 1.06 bits per heavy atom. The van der Waals surface area contributed by atoms with E-state index in [0.29, 0.717) is 24.5 Å². The molecule has 5 rings (SSSR count). The summed E-state index contributed by atoms with van der Waals surface area (Å²) in [6.45, 7) is 3.13. The molecule has 166 valence electrons. The van der Waals surface area contributed by atoms with Gasteiger partial charge >= 0.3 is 0 Å². The molecular weight excluding hydrogens is 417 g/mol. The molecule has 1 amide bonds. The van der Waals surface area contributed by atoms with E-state index in [1.807, 2.05) is 42.2 Å². The number of aromatic nitrogens is 4. The zero-order valence-corrected chi connectivity index (χ0v) is 18.4. The second-order valence-electron chi connectivity index (χ2n) is 8.32. The van der Waals surface area contributed by atoms with Crippen LogP contribution in [0.4, 0.5) is 4.39 Å². The van der Waals surface area contributed by atoms with Crippen LogP contribution in [0.1, 0.15) is 40.6 Å². The van der Waals surface area contributed by atoms with Crippen molar-refractivity contribution < 1.29 is 9.18 Å². The number of carbonyl (C=O) groups is 1. The van der Waals surface area contributed by atoms with Gasteiger partial charge in [-0.05, 0) is 49.6 Å². The summed E-state index contributed by atoms with van der Waals surface area (Å²) in [5.74, 6) is 0.451. The largest absolute Gasteiger partial charge is 0.338 e. The van der Waals surface area contributed by atoms with Crippen molar-refractivity contribution in [2.45, 2.75) is 25.7 Å². The Morgan fingerprint density at radius 2 is 1.85 bits per heavy atom. The summed E-state index contributed by atoms with van der Waals surface area (Å²) in [6.07, 6.45) is 7.01. The minimum absolute atomic E-state index is 0.0315. The molecule has 0 aliphatic carbocycles. The first kappa shape index (κ1) is 21.0. The van der Waals surface area contributed by atoms with Crippen LogP contribution in [0.3, 0.4) is 0 Å². The lowest BCUT2D eigenvalue weighted by molar-refractivity contribution is 0.0706. The number of hydrogen-bond donors (Lipinski definition) is 0. The van der Waals surface area contributed by atoms with Gasteiger partial charge in [-0.3, -0.25) is 4.79 Å². The zero-order chi connectivity index (χ0) is 22.8. The Balaban J connectivity index is 1.39. The molecule has 2 aromatic heterocycles. The number of rotatable bonds is 4. The molecule has 1 aliphatic rings. The molecular formula is C26H24FN5O. The molecule has 0 radical (unpaired) electrons. The van der Waals surface area contributed by atoms with Crippen molar-refractivity contribution >= 4 is 5.91 Å². The van der Waals surface area contributed by atoms with Crippen LogP contribution < -0.4 is 0 Å². The summed E-state index contributed by atoms with van der Waals surface area (Å²) in [5.41, 5.74) is 4.15. The highest BCUT2D eigenvalue weighted by Gasteiger charge is 2.29. The fourth-order valence-corrected chi connectivity index (χ4v) is 4.37. The van der Waals surface area contributed by atoms with E-state index in [-0.39, 0.29) is 17.6 Å². The second kappa shape index (κ2) is 8.94. The lowest BCUT2D eigenvalue weighted by Crippen LogP contribution is -2.39. The van der Waals surface area contributed by atoms with Crippen molar-refractivity contribution in [3.63, 3.8) is 0 Å². The molecule has 4 aromatic rings. The number of amides is 1. The summed E-state index contributed by atoms with van der Waals surface area (Å²) in [6, 6.07) is 16.1. The quantitative estimate of drug-likeness (QED) is 0.457. The fraction of sp³-hybridized carbons (Fsp3) is 0.231. The molecule has 1 atom stereocenters. The predicted molar refractivity (Wildman–Crippen MR) is 124 cm³/mol. The topological polar surface area (TPSA) is 63.9 Å². The highest BCUT2D eigenvalue weighted by Crippen LogP contribution is 2.33. The summed E-state index contributed by atoms with van der Waals surface area (Å²) < 4.78 is 15.2. The Hall–Kier alpha value is -3.87. The van der Waals surface area contributed by atoms with E-state index < -0.39 is 0 Å². The smallest absolute Gasteiger partial charge is 0.257 e. The normalized spacial score (nSPS) is 16.1. The molecule has 0 N–H and O–H groups in total. The highest BCUT2D eigenvalue weighted by molar-refractivity contribution is 5.94. The van der Waals surface area contributed by atoms with Crippen LogP contribution in [0.5, 0.6) is 0 Å². The van der Waals surface area contributed by atoms with Crippen molar-refractivity contribution in [1.29, 1.82) is 0 Å². The van der Waals surface area contributed by atoms with E-state index >= 15 is 0 Å². The average molecular weight is 442 g/mol. The predicted octanol–water partition coefficient (Wildman–Crippen LogP) is 4.80. The fourth-order valence-electron chi connectivity index (χ4n) is 4.37. The molecule has 0 bridgehead atoms. The molecule has 0 spiro atoms. The van der Waals surface area contributed by atoms with Crippen LogP contribution in [-0.4, -0.2) is 43.6 Å². The number of halogens is 1. The van der Waals surface area contributed by atoms with Gasteiger partial charge in [0.15, 0.2) is 0 Å². The molecule has 7 heteroatoms. The van der Waals surface area contributed by atoms with E-state index in [9.17, 15) is 9.18 Å². The Bertz CT molecular complexity index is 1270. The van der Waals surface area contributed by atoms with E-state index in [1.54, 1.807) is 35.4 Å². The summed E-state index contributed by atoms with van der Waals surface area (Å²) in [7, 11) is 0. The minimum atomic E-state index is -0.279. The Kier molecular flexibility index (Phi) is 5.69. The third kappa shape index (κ3) is 4.39. The van der Waals surface area contributed by atoms with Crippen LogP contribution in [0, 0.1) is 12.7 Å². The number of aryl methyl sites for hydroxylation is 1. The number of piperidine rings is 1. The van der Waals surface area contributed by atoms with Gasteiger partial charge < -0.3 is 4.90 Å². The van der Waals surface area contributed by atoms with Crippen LogP contribution in [0.15, 0.2) is 73.2 Å². The molecule has 1 aliphatic heterocycles. The van der Waals surface area contributed by atoms with E-state index in [1.165, 1.54) is 12.1 Å². The lowest BCUT2D eigenvalue weighted by Gasteiger charge is -2.33. The van der Waals surface area contributed by atoms with Crippen molar-refractivity contribution in [1.82, 2.24) is 24.6 Å². The monoisotopic (exact) mass is 441 g/mol. The second-order valence-corrected chi connectivity index (χ2v) is 8.32. The summed E-state index contributed by atoms with van der Waals surface area (Å²) in [5, 5.41) is 4.37. The standard InChI is InChI=1S/C26H24FN5O/c1-18-28-15-24(19-9-11-22(27)12-10-19)25(30-18)20-6-5-13-31(16-20)26(33)21-14-29-32(17-21)23-7-3-2-4-8-23/h2-4,7-12,14-15,17,20H,5-6,13,16H2,1H3. The molecule has 6 nitrogen and oxygen atoms in total. The van der Waals surface area contributed by atoms with E-state index in [4.69, 9.17) is 4.98 Å². The third-order valence-corrected chi connectivity index (χ3v) is 6.04. The maximum absolute atomic E-state index is 13.5. The average Bonchev–Trinajstić information content (AvgIpc) is 3.35. The van der Waals surface area contributed by atoms with Gasteiger partial charge in [-0.2, -0.15) is 5.10 Å². The van der Waals surface area contributed by atoms with Gasteiger partial charge in [-0.1, -0.05) is 30.3 Å². The maximum Gasteiger partial charge on any atom is 0.257 e. The Morgan fingerprint density at radius 3 is 2.64 bits per heavy atom. The number of benzene rings is 2. The molecule has 2 aromatic carbocycles. The van der Waals surface area contributed by atoms with Crippen molar-refractivity contribution in [3.05, 3.63) is 96.1 Å². The maximum atomic E-state index is 13.5. The lowest BCUT2D eigenvalue weighted by atomic mass is 9.89. The molecule has 1 unspecified atom stereocenters. The van der Waals surface area contributed by atoms with Gasteiger partial charge in [0.05, 0.1) is 23.1 Å². The van der Waals surface area contributed by atoms with Gasteiger partial charge in [0.25, 0.3) is 5.91 Å². The third-order valence-electron chi connectivity index (χ3n) is 6.04. The summed E-state index contributed by atoms with van der Waals surface area (Å²) in [4.78, 5) is 24.3. The number of likely N-dealkylation sites (tertiary alicyclic amines) is 1. The molecule has 0 saturated carbocycles. The van der Waals surface area contributed by atoms with E-state index in [2.05, 4.69) is 10.1 Å². The van der Waals surface area contributed by atoms with Crippen molar-refractivity contribution in [2.75, 3.05) is 13.1 Å². The molecule has 1 fully saturated rings. The number of para-hydroxylation sites is 1. The van der Waals surface area contributed by atoms with Crippen molar-refractivity contribution in [3.8, 4) is 16.8 Å². The number of nitrogens with zero attached hydrogens (tertiary/aromatic N) is 5. The van der Waals surface area contributed by atoms with Gasteiger partial charge in [0.1, 0.15) is 11.6 Å². The van der Waals surface area contributed by atoms with Crippen LogP contribution in [0.2, 0.25) is 0 Å². The first-order valence-electron chi connectivity index (χ1n) is 11.1. The zero-order valence-electron chi connectivity index (χ0n) is 18.4. The summed E-state index contributed by atoms with van der Waals surface area (Å²) >= 11 is 0. The van der Waals surface area contributed by atoms with Gasteiger partial charge in [0.2, 0.25) is 0 Å². The van der Waals surface area contributed by atoms with Gasteiger partial charge in [-0.15, -0.1) is 0 Å². The first-order chi connectivity index (χ1) is 16.1. The molecule has 33 heavy (non-hydrogen) atoms. The number of carbonyl (C=O) groups excluding carboxylic acids is 1. The first-order valence-corrected chi connectivity index (χ1v) is 11.1. The SMILES string of the molecule is Cc1ncc(-c2ccc(F)cc2)c(C2CCCN(C(=O)c3cnn(-c4ccccc4)c3)C2)n1. The van der Waals surface area contributed by atoms with Gasteiger partial charge in [0, 0.05) is 37.0 Å².